The molecule has 5 rings (SSSR count). The van der Waals surface area contributed by atoms with Crippen molar-refractivity contribution in [3.8, 4) is 11.5 Å². The average Bonchev–Trinajstić information content (AvgIpc) is 2.82. The van der Waals surface area contributed by atoms with Crippen molar-refractivity contribution in [3.05, 3.63) is 78.8 Å². The zero-order valence-corrected chi connectivity index (χ0v) is 21.7. The molecule has 0 unspecified atom stereocenters. The van der Waals surface area contributed by atoms with Crippen LogP contribution in [0.5, 0.6) is 11.5 Å². The summed E-state index contributed by atoms with van der Waals surface area (Å²) in [7, 11) is 1.60. The molecule has 0 saturated carbocycles. The highest BCUT2D eigenvalue weighted by molar-refractivity contribution is 14.1. The fraction of sp³-hybridized carbons (Fsp3) is 0.333. The second-order valence-corrected chi connectivity index (χ2v) is 10.3. The molecule has 5 nitrogen and oxygen atoms in total. The highest BCUT2D eigenvalue weighted by Crippen LogP contribution is 2.49. The van der Waals surface area contributed by atoms with Gasteiger partial charge >= 0.3 is 0 Å². The Labute approximate surface area is 217 Å². The lowest BCUT2D eigenvalue weighted by molar-refractivity contribution is -0.117. The van der Waals surface area contributed by atoms with Crippen LogP contribution in [0.15, 0.2) is 59.1 Å². The number of halogens is 2. The predicted octanol–water partition coefficient (Wildman–Crippen LogP) is 6.66. The van der Waals surface area contributed by atoms with Gasteiger partial charge in [0.1, 0.15) is 18.1 Å². The van der Waals surface area contributed by atoms with Crippen LogP contribution >= 0.6 is 34.2 Å². The minimum atomic E-state index is -0.427. The highest BCUT2D eigenvalue weighted by Gasteiger charge is 2.42. The molecule has 34 heavy (non-hydrogen) atoms. The summed E-state index contributed by atoms with van der Waals surface area (Å²) in [5.74, 6) is 2.33. The van der Waals surface area contributed by atoms with Gasteiger partial charge in [-0.15, -0.1) is 0 Å². The number of Topliss-reactive ketones (excluding diaryl/α,β-unsaturated/α-hetero) is 2. The number of ketones is 2. The van der Waals surface area contributed by atoms with Gasteiger partial charge in [-0.05, 0) is 70.8 Å². The van der Waals surface area contributed by atoms with Gasteiger partial charge in [-0.3, -0.25) is 9.59 Å². The normalized spacial score (nSPS) is 18.4. The molecular formula is C27H24ClIO5. The third-order valence-electron chi connectivity index (χ3n) is 6.50. The lowest BCUT2D eigenvalue weighted by Crippen LogP contribution is -2.30. The third kappa shape index (κ3) is 4.38. The van der Waals surface area contributed by atoms with Crippen molar-refractivity contribution >= 4 is 45.8 Å². The molecular weight excluding hydrogens is 567 g/mol. The lowest BCUT2D eigenvalue weighted by atomic mass is 9.73. The van der Waals surface area contributed by atoms with E-state index < -0.39 is 5.92 Å². The molecule has 0 atom stereocenters. The monoisotopic (exact) mass is 590 g/mol. The van der Waals surface area contributed by atoms with Crippen LogP contribution in [-0.4, -0.2) is 18.7 Å². The zero-order valence-electron chi connectivity index (χ0n) is 18.8. The van der Waals surface area contributed by atoms with E-state index in [2.05, 4.69) is 22.6 Å². The molecule has 2 aromatic carbocycles. The minimum absolute atomic E-state index is 0.0615. The molecule has 0 bridgehead atoms. The Kier molecular flexibility index (Phi) is 6.71. The van der Waals surface area contributed by atoms with Crippen molar-refractivity contribution < 1.29 is 23.8 Å². The van der Waals surface area contributed by atoms with Crippen molar-refractivity contribution in [3.63, 3.8) is 0 Å². The van der Waals surface area contributed by atoms with E-state index in [1.54, 1.807) is 7.11 Å². The molecule has 0 saturated heterocycles. The molecule has 2 aliphatic carbocycles. The standard InChI is InChI=1S/C27H24ClIO5/c1-32-23-13-16(12-18(29)27(23)33-14-15-5-2-6-17(28)11-15)24-25-19(30)7-3-9-21(25)34-22-10-4-8-20(31)26(22)24/h2,5-6,11-13,24H,3-4,7-10,14H2,1H3. The maximum absolute atomic E-state index is 13.0. The molecule has 2 aromatic rings. The van der Waals surface area contributed by atoms with Crippen LogP contribution in [0.3, 0.4) is 0 Å². The molecule has 0 amide bonds. The van der Waals surface area contributed by atoms with Crippen LogP contribution in [0.4, 0.5) is 0 Å². The first-order valence-electron chi connectivity index (χ1n) is 11.4. The Hall–Kier alpha value is -2.32. The molecule has 7 heteroatoms. The van der Waals surface area contributed by atoms with E-state index in [0.717, 1.165) is 51.9 Å². The van der Waals surface area contributed by atoms with Crippen LogP contribution in [-0.2, 0) is 20.9 Å². The number of allylic oxidation sites excluding steroid dienone is 4. The molecule has 1 aliphatic heterocycles. The maximum Gasteiger partial charge on any atom is 0.174 e. The summed E-state index contributed by atoms with van der Waals surface area (Å²) in [6.07, 6.45) is 3.94. The SMILES string of the molecule is COc1cc(C2C3=C(CCCC3=O)OC3=C2C(=O)CCC3)cc(I)c1OCc1cccc(Cl)c1. The number of hydrogen-bond acceptors (Lipinski definition) is 5. The molecule has 176 valence electrons. The Morgan fingerprint density at radius 3 is 2.29 bits per heavy atom. The van der Waals surface area contributed by atoms with Gasteiger partial charge in [0, 0.05) is 47.8 Å². The Morgan fingerprint density at radius 1 is 1.00 bits per heavy atom. The lowest BCUT2D eigenvalue weighted by Gasteiger charge is -2.36. The fourth-order valence-electron chi connectivity index (χ4n) is 4.98. The van der Waals surface area contributed by atoms with E-state index in [4.69, 9.17) is 25.8 Å². The van der Waals surface area contributed by atoms with Crippen LogP contribution in [0, 0.1) is 3.57 Å². The van der Waals surface area contributed by atoms with E-state index in [0.29, 0.717) is 47.1 Å². The minimum Gasteiger partial charge on any atom is -0.493 e. The number of ether oxygens (including phenoxy) is 3. The van der Waals surface area contributed by atoms with E-state index in [-0.39, 0.29) is 11.6 Å². The fourth-order valence-corrected chi connectivity index (χ4v) is 5.97. The van der Waals surface area contributed by atoms with Crippen molar-refractivity contribution in [2.45, 2.75) is 51.0 Å². The van der Waals surface area contributed by atoms with Crippen LogP contribution < -0.4 is 9.47 Å². The number of rotatable bonds is 5. The molecule has 1 heterocycles. The Morgan fingerprint density at radius 2 is 1.68 bits per heavy atom. The number of carbonyl (C=O) groups excluding carboxylic acids is 2. The molecule has 0 aromatic heterocycles. The smallest absolute Gasteiger partial charge is 0.174 e. The van der Waals surface area contributed by atoms with Gasteiger partial charge in [-0.1, -0.05) is 23.7 Å². The summed E-state index contributed by atoms with van der Waals surface area (Å²) in [6.45, 7) is 0.338. The van der Waals surface area contributed by atoms with E-state index in [1.807, 2.05) is 36.4 Å². The molecule has 0 radical (unpaired) electrons. The molecule has 0 fully saturated rings. The first kappa shape index (κ1) is 23.4. The van der Waals surface area contributed by atoms with Crippen LogP contribution in [0.2, 0.25) is 5.02 Å². The van der Waals surface area contributed by atoms with Crippen molar-refractivity contribution in [1.82, 2.24) is 0 Å². The van der Waals surface area contributed by atoms with Gasteiger partial charge in [0.05, 0.1) is 10.7 Å². The van der Waals surface area contributed by atoms with Gasteiger partial charge in [0.15, 0.2) is 23.1 Å². The average molecular weight is 591 g/mol. The largest absolute Gasteiger partial charge is 0.493 e. The van der Waals surface area contributed by atoms with E-state index in [9.17, 15) is 9.59 Å². The Balaban J connectivity index is 1.56. The number of carbonyl (C=O) groups is 2. The van der Waals surface area contributed by atoms with Gasteiger partial charge in [0.2, 0.25) is 0 Å². The summed E-state index contributed by atoms with van der Waals surface area (Å²) >= 11 is 8.33. The first-order valence-corrected chi connectivity index (χ1v) is 12.9. The predicted molar refractivity (Wildman–Crippen MR) is 137 cm³/mol. The zero-order chi connectivity index (χ0) is 23.8. The number of hydrogen-bond donors (Lipinski definition) is 0. The summed E-state index contributed by atoms with van der Waals surface area (Å²) in [4.78, 5) is 26.1. The summed E-state index contributed by atoms with van der Waals surface area (Å²) in [5, 5.41) is 0.653. The topological polar surface area (TPSA) is 61.8 Å². The van der Waals surface area contributed by atoms with Crippen LogP contribution in [0.1, 0.15) is 55.6 Å². The molecule has 0 spiro atoms. The summed E-state index contributed by atoms with van der Waals surface area (Å²) < 4.78 is 18.8. The Bertz CT molecular complexity index is 1200. The third-order valence-corrected chi connectivity index (χ3v) is 7.53. The number of benzene rings is 2. The van der Waals surface area contributed by atoms with Crippen molar-refractivity contribution in [2.24, 2.45) is 0 Å². The van der Waals surface area contributed by atoms with Crippen LogP contribution in [0.25, 0.3) is 0 Å². The second kappa shape index (κ2) is 9.74. The summed E-state index contributed by atoms with van der Waals surface area (Å²) in [6, 6.07) is 11.4. The number of methoxy groups -OCH3 is 1. The highest BCUT2D eigenvalue weighted by atomic mass is 127. The van der Waals surface area contributed by atoms with Gasteiger partial charge in [-0.25, -0.2) is 0 Å². The quantitative estimate of drug-likeness (QED) is 0.365. The van der Waals surface area contributed by atoms with Gasteiger partial charge in [0.25, 0.3) is 0 Å². The van der Waals surface area contributed by atoms with E-state index in [1.165, 1.54) is 0 Å². The van der Waals surface area contributed by atoms with Crippen molar-refractivity contribution in [2.75, 3.05) is 7.11 Å². The molecule has 0 N–H and O–H groups in total. The molecule has 3 aliphatic rings. The first-order chi connectivity index (χ1) is 16.5. The van der Waals surface area contributed by atoms with Gasteiger partial charge < -0.3 is 14.2 Å². The maximum atomic E-state index is 13.0. The van der Waals surface area contributed by atoms with Gasteiger partial charge in [-0.2, -0.15) is 0 Å². The van der Waals surface area contributed by atoms with Crippen molar-refractivity contribution in [1.29, 1.82) is 0 Å². The summed E-state index contributed by atoms with van der Waals surface area (Å²) in [5.41, 5.74) is 3.06. The second-order valence-electron chi connectivity index (χ2n) is 8.71. The van der Waals surface area contributed by atoms with E-state index >= 15 is 0 Å².